The Balaban J connectivity index is 4.24. The number of allylic oxidation sites excluding steroid dienone is 10. The minimum Gasteiger partial charge on any atom is -0.457 e. The van der Waals surface area contributed by atoms with Crippen molar-refractivity contribution in [2.75, 3.05) is 54.1 Å². The topological polar surface area (TPSA) is 91.3 Å². The number of carbonyl (C=O) groups excluding carboxylic acids is 1. The molecule has 0 aliphatic carbocycles. The quantitative estimate of drug-likeness (QED) is 0.0215. The van der Waals surface area contributed by atoms with Crippen molar-refractivity contribution in [3.05, 3.63) is 60.8 Å². The zero-order chi connectivity index (χ0) is 43.4. The molecule has 0 aromatic heterocycles. The summed E-state index contributed by atoms with van der Waals surface area (Å²) in [6, 6.07) is 0. The summed E-state index contributed by atoms with van der Waals surface area (Å²) in [7, 11) is 1.65. The second-order valence-corrected chi connectivity index (χ2v) is 18.6. The van der Waals surface area contributed by atoms with Gasteiger partial charge < -0.3 is 18.9 Å². The fraction of sp³-hybridized carbons (Fsp3) is 0.780. The Morgan fingerprint density at radius 3 is 1.47 bits per heavy atom. The molecule has 2 unspecified atom stereocenters. The van der Waals surface area contributed by atoms with Crippen LogP contribution in [0.2, 0.25) is 0 Å². The van der Waals surface area contributed by atoms with Gasteiger partial charge in [0.15, 0.2) is 0 Å². The van der Waals surface area contributed by atoms with Crippen LogP contribution in [0.4, 0.5) is 0 Å². The van der Waals surface area contributed by atoms with Crippen LogP contribution in [0, 0.1) is 0 Å². The van der Waals surface area contributed by atoms with Crippen molar-refractivity contribution < 1.29 is 37.3 Å². The fourth-order valence-electron chi connectivity index (χ4n) is 6.40. The first kappa shape index (κ1) is 57.2. The van der Waals surface area contributed by atoms with Crippen LogP contribution < -0.4 is 0 Å². The lowest BCUT2D eigenvalue weighted by atomic mass is 10.0. The summed E-state index contributed by atoms with van der Waals surface area (Å²) < 4.78 is 35.1. The first-order valence-corrected chi connectivity index (χ1v) is 25.5. The Morgan fingerprint density at radius 2 is 0.983 bits per heavy atom. The van der Waals surface area contributed by atoms with Crippen LogP contribution in [0.15, 0.2) is 60.8 Å². The highest BCUT2D eigenvalue weighted by molar-refractivity contribution is 7.47. The maximum atomic E-state index is 12.7. The predicted molar refractivity (Wildman–Crippen MR) is 252 cm³/mol. The molecular formula is C50H93NO7P+. The first-order valence-electron chi connectivity index (χ1n) is 24.0. The molecule has 1 N–H and O–H groups in total. The number of phosphoric acid groups is 1. The van der Waals surface area contributed by atoms with Gasteiger partial charge in [0.1, 0.15) is 19.3 Å². The first-order chi connectivity index (χ1) is 28.6. The number of nitrogens with zero attached hydrogens (tertiary/aromatic N) is 1. The van der Waals surface area contributed by atoms with E-state index in [1.807, 2.05) is 21.1 Å². The fourth-order valence-corrected chi connectivity index (χ4v) is 7.14. The van der Waals surface area contributed by atoms with E-state index in [2.05, 4.69) is 74.6 Å². The van der Waals surface area contributed by atoms with Crippen molar-refractivity contribution in [2.24, 2.45) is 0 Å². The van der Waals surface area contributed by atoms with Crippen molar-refractivity contribution >= 4 is 13.8 Å². The second kappa shape index (κ2) is 42.9. The van der Waals surface area contributed by atoms with E-state index >= 15 is 0 Å². The molecule has 8 nitrogen and oxygen atoms in total. The van der Waals surface area contributed by atoms with E-state index in [9.17, 15) is 14.3 Å². The lowest BCUT2D eigenvalue weighted by Crippen LogP contribution is -2.37. The Labute approximate surface area is 364 Å². The van der Waals surface area contributed by atoms with Gasteiger partial charge in [-0.05, 0) is 57.8 Å². The van der Waals surface area contributed by atoms with Crippen LogP contribution in [-0.4, -0.2) is 75.6 Å². The lowest BCUT2D eigenvalue weighted by molar-refractivity contribution is -0.870. The summed E-state index contributed by atoms with van der Waals surface area (Å²) in [5.41, 5.74) is 0. The third kappa shape index (κ3) is 47.1. The Kier molecular flexibility index (Phi) is 41.6. The molecule has 0 rings (SSSR count). The van der Waals surface area contributed by atoms with Gasteiger partial charge in [0.25, 0.3) is 0 Å². The molecule has 2 atom stereocenters. The summed E-state index contributed by atoms with van der Waals surface area (Å²) in [5.74, 6) is -0.322. The van der Waals surface area contributed by atoms with Crippen LogP contribution in [0.1, 0.15) is 194 Å². The smallest absolute Gasteiger partial charge is 0.457 e. The highest BCUT2D eigenvalue weighted by Gasteiger charge is 2.26. The number of phosphoric ester groups is 1. The molecule has 0 aliphatic rings. The monoisotopic (exact) mass is 851 g/mol. The standard InChI is InChI=1S/C50H92NO7P/c1-6-8-10-12-14-16-18-20-22-24-25-26-28-30-32-34-36-38-40-42-45-55-47-49(48-57-59(53,54)56-46-44-51(3,4)5)58-50(52)43-41-39-37-35-33-31-29-27-23-21-19-17-15-13-11-9-7-2/h8,10,14,16,20,22,25-26,30,32,49H,6-7,9,11-13,15,17-19,21,23-24,27-29,31,33-48H2,1-5H3/p+1/b10-8-,16-14-,22-20-,26-25-,32-30-. The Morgan fingerprint density at radius 1 is 0.542 bits per heavy atom. The van der Waals surface area contributed by atoms with Gasteiger partial charge in [0.2, 0.25) is 0 Å². The zero-order valence-corrected chi connectivity index (χ0v) is 39.9. The van der Waals surface area contributed by atoms with Gasteiger partial charge in [-0.3, -0.25) is 13.8 Å². The summed E-state index contributed by atoms with van der Waals surface area (Å²) in [6.45, 7) is 5.46. The number of rotatable bonds is 44. The maximum absolute atomic E-state index is 12.7. The third-order valence-electron chi connectivity index (χ3n) is 10.1. The molecule has 0 radical (unpaired) electrons. The molecule has 0 aliphatic heterocycles. The number of likely N-dealkylation sites (N-methyl/N-ethyl adjacent to an activating group) is 1. The van der Waals surface area contributed by atoms with Gasteiger partial charge in [-0.25, -0.2) is 4.57 Å². The van der Waals surface area contributed by atoms with Crippen LogP contribution in [0.3, 0.4) is 0 Å². The van der Waals surface area contributed by atoms with Gasteiger partial charge in [0.05, 0.1) is 34.4 Å². The van der Waals surface area contributed by atoms with E-state index in [-0.39, 0.29) is 25.8 Å². The van der Waals surface area contributed by atoms with Crippen molar-refractivity contribution in [1.29, 1.82) is 0 Å². The molecular weight excluding hydrogens is 758 g/mol. The predicted octanol–water partition coefficient (Wildman–Crippen LogP) is 14.5. The number of hydrogen-bond donors (Lipinski definition) is 1. The van der Waals surface area contributed by atoms with Gasteiger partial charge in [0, 0.05) is 13.0 Å². The molecule has 59 heavy (non-hydrogen) atoms. The summed E-state index contributed by atoms with van der Waals surface area (Å²) in [6.07, 6.45) is 54.0. The van der Waals surface area contributed by atoms with E-state index in [1.165, 1.54) is 89.9 Å². The van der Waals surface area contributed by atoms with Gasteiger partial charge >= 0.3 is 13.8 Å². The van der Waals surface area contributed by atoms with Crippen molar-refractivity contribution in [1.82, 2.24) is 0 Å². The highest BCUT2D eigenvalue weighted by Crippen LogP contribution is 2.43. The van der Waals surface area contributed by atoms with Crippen LogP contribution >= 0.6 is 7.82 Å². The summed E-state index contributed by atoms with van der Waals surface area (Å²) in [4.78, 5) is 23.0. The van der Waals surface area contributed by atoms with Crippen LogP contribution in [-0.2, 0) is 27.9 Å². The van der Waals surface area contributed by atoms with Gasteiger partial charge in [-0.15, -0.1) is 0 Å². The minimum absolute atomic E-state index is 0.0820. The van der Waals surface area contributed by atoms with Gasteiger partial charge in [-0.2, -0.15) is 0 Å². The second-order valence-electron chi connectivity index (χ2n) is 17.1. The van der Waals surface area contributed by atoms with E-state index < -0.39 is 13.9 Å². The molecule has 0 amide bonds. The lowest BCUT2D eigenvalue weighted by Gasteiger charge is -2.24. The molecule has 0 saturated heterocycles. The molecule has 0 aromatic rings. The van der Waals surface area contributed by atoms with E-state index in [0.717, 1.165) is 83.5 Å². The maximum Gasteiger partial charge on any atom is 0.472 e. The van der Waals surface area contributed by atoms with Crippen molar-refractivity contribution in [3.8, 4) is 0 Å². The van der Waals surface area contributed by atoms with Crippen LogP contribution in [0.5, 0.6) is 0 Å². The van der Waals surface area contributed by atoms with E-state index in [4.69, 9.17) is 18.5 Å². The van der Waals surface area contributed by atoms with Crippen molar-refractivity contribution in [3.63, 3.8) is 0 Å². The van der Waals surface area contributed by atoms with Crippen LogP contribution in [0.25, 0.3) is 0 Å². The Bertz CT molecular complexity index is 1130. The average molecular weight is 851 g/mol. The number of carbonyl (C=O) groups is 1. The number of esters is 1. The average Bonchev–Trinajstić information content (AvgIpc) is 3.19. The highest BCUT2D eigenvalue weighted by atomic mass is 31.2. The number of unbranched alkanes of at least 4 members (excludes halogenated alkanes) is 20. The van der Waals surface area contributed by atoms with E-state index in [0.29, 0.717) is 24.1 Å². The minimum atomic E-state index is -4.29. The molecule has 0 aromatic carbocycles. The molecule has 0 heterocycles. The summed E-state index contributed by atoms with van der Waals surface area (Å²) >= 11 is 0. The molecule has 0 saturated carbocycles. The number of quaternary nitrogens is 1. The largest absolute Gasteiger partial charge is 0.472 e. The van der Waals surface area contributed by atoms with Crippen molar-refractivity contribution in [2.45, 2.75) is 200 Å². The normalized spacial score (nSPS) is 14.2. The molecule has 0 spiro atoms. The van der Waals surface area contributed by atoms with Gasteiger partial charge in [-0.1, -0.05) is 190 Å². The van der Waals surface area contributed by atoms with E-state index in [1.54, 1.807) is 0 Å². The Hall–Kier alpha value is -1.80. The SMILES string of the molecule is CC/C=C\C/C=C\C/C=C\C/C=C\C/C=C\CCCCCCOCC(COP(=O)(O)OCC[N+](C)(C)C)OC(=O)CCCCCCCCCCCCCCCCCCC. The summed E-state index contributed by atoms with van der Waals surface area (Å²) in [5, 5.41) is 0. The molecule has 344 valence electrons. The number of hydrogen-bond acceptors (Lipinski definition) is 6. The zero-order valence-electron chi connectivity index (χ0n) is 39.0. The molecule has 0 bridgehead atoms. The molecule has 9 heteroatoms. The number of ether oxygens (including phenoxy) is 2. The molecule has 0 fully saturated rings. The third-order valence-corrected chi connectivity index (χ3v) is 11.1.